The second-order valence-corrected chi connectivity index (χ2v) is 13.8. The van der Waals surface area contributed by atoms with Crippen molar-refractivity contribution in [2.75, 3.05) is 38.2 Å². The number of halogens is 4. The first kappa shape index (κ1) is 33.4. The minimum absolute atomic E-state index is 0.0314. The van der Waals surface area contributed by atoms with E-state index < -0.39 is 18.6 Å². The van der Waals surface area contributed by atoms with E-state index in [1.54, 1.807) is 40.1 Å². The lowest BCUT2D eigenvalue weighted by Crippen LogP contribution is -2.67. The second kappa shape index (κ2) is 13.0. The van der Waals surface area contributed by atoms with Gasteiger partial charge in [0.2, 0.25) is 5.95 Å². The molecule has 14 nitrogen and oxygen atoms in total. The summed E-state index contributed by atoms with van der Waals surface area (Å²) in [5.74, 6) is -0.0931. The average Bonchev–Trinajstić information content (AvgIpc) is 3.66. The monoisotopic (exact) mass is 704 g/mol. The van der Waals surface area contributed by atoms with Crippen molar-refractivity contribution >= 4 is 23.2 Å². The molecule has 1 atom stereocenters. The quantitative estimate of drug-likeness (QED) is 0.227. The summed E-state index contributed by atoms with van der Waals surface area (Å²) in [7, 11) is 0. The number of benzene rings is 1. The molecule has 5 heterocycles. The predicted molar refractivity (Wildman–Crippen MR) is 169 cm³/mol. The zero-order chi connectivity index (χ0) is 34.4. The lowest BCUT2D eigenvalue weighted by molar-refractivity contribution is -0.276. The number of ether oxygens (including phenoxy) is 4. The number of anilines is 2. The van der Waals surface area contributed by atoms with Crippen molar-refractivity contribution < 1.29 is 32.1 Å². The Kier molecular flexibility index (Phi) is 8.87. The summed E-state index contributed by atoms with van der Waals surface area (Å²) in [5, 5.41) is 18.9. The van der Waals surface area contributed by atoms with Crippen molar-refractivity contribution in [2.24, 2.45) is 5.41 Å². The lowest BCUT2D eigenvalue weighted by atomic mass is 9.60. The Morgan fingerprint density at radius 2 is 1.82 bits per heavy atom. The first-order chi connectivity index (χ1) is 23.3. The summed E-state index contributed by atoms with van der Waals surface area (Å²) in [4.78, 5) is 11.2. The molecule has 1 spiro atoms. The minimum atomic E-state index is -4.52. The van der Waals surface area contributed by atoms with Gasteiger partial charge in [-0.2, -0.15) is 13.2 Å². The van der Waals surface area contributed by atoms with Crippen molar-refractivity contribution in [1.29, 1.82) is 0 Å². The third-order valence-corrected chi connectivity index (χ3v) is 9.26. The molecule has 0 unspecified atom stereocenters. The molecule has 0 bridgehead atoms. The van der Waals surface area contributed by atoms with E-state index in [0.717, 1.165) is 31.5 Å². The number of tetrazole rings is 1. The number of nitrogens with zero attached hydrogens (tertiary/aromatic N) is 9. The molecule has 18 heteroatoms. The van der Waals surface area contributed by atoms with Crippen LogP contribution in [0.15, 0.2) is 43.1 Å². The first-order valence-electron chi connectivity index (χ1n) is 15.9. The fourth-order valence-corrected chi connectivity index (χ4v) is 6.64. The fourth-order valence-electron chi connectivity index (χ4n) is 6.47. The maximum Gasteiger partial charge on any atom is 0.422 e. The van der Waals surface area contributed by atoms with E-state index in [9.17, 15) is 13.2 Å². The van der Waals surface area contributed by atoms with Gasteiger partial charge >= 0.3 is 6.18 Å². The zero-order valence-electron chi connectivity index (χ0n) is 27.1. The van der Waals surface area contributed by atoms with Gasteiger partial charge in [-0.25, -0.2) is 14.6 Å². The van der Waals surface area contributed by atoms with Gasteiger partial charge in [0.1, 0.15) is 23.9 Å². The fraction of sp³-hybridized carbons (Fsp3) is 0.548. The second-order valence-electron chi connectivity index (χ2n) is 13.4. The number of hydrogen-bond donors (Lipinski definition) is 1. The molecule has 3 aromatic heterocycles. The molecule has 1 aliphatic carbocycles. The maximum atomic E-state index is 13.1. The molecule has 262 valence electrons. The van der Waals surface area contributed by atoms with Crippen LogP contribution in [-0.2, 0) is 16.0 Å². The Bertz CT molecular complexity index is 1730. The number of alkyl halides is 3. The van der Waals surface area contributed by atoms with E-state index in [1.807, 2.05) is 26.8 Å². The van der Waals surface area contributed by atoms with Crippen LogP contribution in [0.4, 0.5) is 24.8 Å². The molecule has 3 aliphatic rings. The van der Waals surface area contributed by atoms with Crippen LogP contribution in [0.5, 0.6) is 11.6 Å². The highest BCUT2D eigenvalue weighted by molar-refractivity contribution is 6.32. The molecule has 7 rings (SSSR count). The summed E-state index contributed by atoms with van der Waals surface area (Å²) in [5.41, 5.74) is 1.82. The molecular weight excluding hydrogens is 669 g/mol. The molecule has 1 N–H and O–H groups in total. The summed E-state index contributed by atoms with van der Waals surface area (Å²) < 4.78 is 65.3. The van der Waals surface area contributed by atoms with E-state index in [-0.39, 0.29) is 41.1 Å². The van der Waals surface area contributed by atoms with Crippen LogP contribution < -0.4 is 14.8 Å². The number of likely N-dealkylation sites (tertiary alicyclic amines) is 1. The summed E-state index contributed by atoms with van der Waals surface area (Å²) in [6, 6.07) is 5.56. The third-order valence-electron chi connectivity index (χ3n) is 8.95. The Balaban J connectivity index is 0.994. The molecule has 2 aliphatic heterocycles. The highest BCUT2D eigenvalue weighted by Crippen LogP contribution is 2.55. The standard InChI is InChI=1S/C31H36ClF3N10O4/c1-19(11-44-18-38-41-42-44)49-26-6-20(4-5-24(26)32)21-9-36-28(37-10-21)39-25-12-45(40-27(25)46-17-31(33,34)35)22-7-30(8-22)15-43(16-30)23-13-47-29(2,3)48-14-23/h4-6,9-10,12,18-19,22-23H,7-8,11,13-17H2,1-3H3,(H,36,37,39)/t19-/m0/s1. The zero-order valence-corrected chi connectivity index (χ0v) is 27.9. The molecule has 0 radical (unpaired) electrons. The van der Waals surface area contributed by atoms with E-state index in [4.69, 9.17) is 30.5 Å². The molecule has 2 saturated heterocycles. The molecule has 49 heavy (non-hydrogen) atoms. The highest BCUT2D eigenvalue weighted by Gasteiger charge is 2.55. The van der Waals surface area contributed by atoms with Gasteiger partial charge in [-0.1, -0.05) is 17.7 Å². The largest absolute Gasteiger partial charge is 0.487 e. The van der Waals surface area contributed by atoms with Gasteiger partial charge in [-0.05, 0) is 67.2 Å². The highest BCUT2D eigenvalue weighted by atomic mass is 35.5. The van der Waals surface area contributed by atoms with Gasteiger partial charge in [-0.15, -0.1) is 10.2 Å². The number of hydrogen-bond acceptors (Lipinski definition) is 12. The lowest BCUT2D eigenvalue weighted by Gasteiger charge is -2.61. The van der Waals surface area contributed by atoms with E-state index in [0.29, 0.717) is 36.1 Å². The van der Waals surface area contributed by atoms with Crippen molar-refractivity contribution in [3.8, 4) is 22.8 Å². The Morgan fingerprint density at radius 3 is 2.49 bits per heavy atom. The minimum Gasteiger partial charge on any atom is -0.487 e. The van der Waals surface area contributed by atoms with Gasteiger partial charge in [0.05, 0.1) is 43.1 Å². The molecule has 3 fully saturated rings. The van der Waals surface area contributed by atoms with E-state index in [2.05, 4.69) is 40.8 Å². The van der Waals surface area contributed by atoms with E-state index in [1.165, 1.54) is 6.33 Å². The normalized spacial score (nSPS) is 20.1. The van der Waals surface area contributed by atoms with Gasteiger partial charge in [0.15, 0.2) is 12.4 Å². The summed E-state index contributed by atoms with van der Waals surface area (Å²) in [6.45, 7) is 7.75. The topological polar surface area (TPSA) is 139 Å². The van der Waals surface area contributed by atoms with Crippen LogP contribution >= 0.6 is 11.6 Å². The summed E-state index contributed by atoms with van der Waals surface area (Å²) >= 11 is 6.39. The third kappa shape index (κ3) is 7.74. The van der Waals surface area contributed by atoms with Crippen LogP contribution in [0.3, 0.4) is 0 Å². The van der Waals surface area contributed by atoms with Gasteiger partial charge in [-0.3, -0.25) is 9.58 Å². The van der Waals surface area contributed by atoms with E-state index >= 15 is 0 Å². The molecule has 1 aromatic carbocycles. The molecular formula is C31H36ClF3N10O4. The molecule has 4 aromatic rings. The van der Waals surface area contributed by atoms with Crippen LogP contribution in [0.2, 0.25) is 5.02 Å². The van der Waals surface area contributed by atoms with Crippen molar-refractivity contribution in [3.63, 3.8) is 0 Å². The van der Waals surface area contributed by atoms with Crippen LogP contribution in [-0.4, -0.2) is 102 Å². The Labute approximate surface area is 284 Å². The number of nitrogens with one attached hydrogen (secondary N) is 1. The summed E-state index contributed by atoms with van der Waals surface area (Å²) in [6.07, 6.45) is 3.25. The van der Waals surface area contributed by atoms with Crippen molar-refractivity contribution in [1.82, 2.24) is 44.9 Å². The smallest absolute Gasteiger partial charge is 0.422 e. The Hall–Kier alpha value is -4.06. The van der Waals surface area contributed by atoms with Gasteiger partial charge in [0, 0.05) is 31.0 Å². The average molecular weight is 705 g/mol. The maximum absolute atomic E-state index is 13.1. The van der Waals surface area contributed by atoms with Crippen molar-refractivity contribution in [2.45, 2.75) is 70.3 Å². The van der Waals surface area contributed by atoms with Crippen LogP contribution in [0, 0.1) is 5.41 Å². The Morgan fingerprint density at radius 1 is 1.08 bits per heavy atom. The number of rotatable bonds is 11. The van der Waals surface area contributed by atoms with Crippen molar-refractivity contribution in [3.05, 3.63) is 48.1 Å². The SMILES string of the molecule is C[C@@H](Cn1cnnn1)Oc1cc(-c2cnc(Nc3cn(C4CC5(C4)CN(C4COC(C)(C)OC4)C5)nc3OCC(F)(F)F)nc2)ccc1Cl. The van der Waals surface area contributed by atoms with Crippen LogP contribution in [0.1, 0.15) is 39.7 Å². The number of aromatic nitrogens is 8. The first-order valence-corrected chi connectivity index (χ1v) is 16.3. The van der Waals surface area contributed by atoms with Crippen LogP contribution in [0.25, 0.3) is 11.1 Å². The predicted octanol–water partition coefficient (Wildman–Crippen LogP) is 4.92. The molecule has 1 saturated carbocycles. The van der Waals surface area contributed by atoms with Gasteiger partial charge in [0.25, 0.3) is 5.88 Å². The molecule has 0 amide bonds. The van der Waals surface area contributed by atoms with Gasteiger partial charge < -0.3 is 24.3 Å².